The number of nitrogens with one attached hydrogen (secondary N) is 1. The van der Waals surface area contributed by atoms with E-state index in [9.17, 15) is 18.5 Å². The number of non-ortho nitro benzene ring substituents is 1. The third-order valence-electron chi connectivity index (χ3n) is 2.48. The summed E-state index contributed by atoms with van der Waals surface area (Å²) in [7, 11) is -3.68. The molecule has 0 bridgehead atoms. The van der Waals surface area contributed by atoms with E-state index in [-0.39, 0.29) is 22.4 Å². The zero-order valence-electron chi connectivity index (χ0n) is 10.6. The summed E-state index contributed by atoms with van der Waals surface area (Å²) in [5, 5.41) is 10.7. The summed E-state index contributed by atoms with van der Waals surface area (Å²) in [5.74, 6) is -0.205. The van der Waals surface area contributed by atoms with Gasteiger partial charge in [-0.3, -0.25) is 14.8 Å². The van der Waals surface area contributed by atoms with Crippen LogP contribution in [0.3, 0.4) is 0 Å². The zero-order valence-corrected chi connectivity index (χ0v) is 12.1. The number of hydrogen-bond acceptors (Lipinski definition) is 5. The van der Waals surface area contributed by atoms with E-state index in [2.05, 4.69) is 9.71 Å². The molecule has 0 unspecified atom stereocenters. The molecule has 0 radical (unpaired) electrons. The van der Waals surface area contributed by atoms with Crippen molar-refractivity contribution in [3.63, 3.8) is 0 Å². The summed E-state index contributed by atoms with van der Waals surface area (Å²) in [6.07, 6.45) is 0. The standard InChI is InChI=1S/C12H10ClN3O4S/c13-11-2-1-3-12(14-11)15-21(19,20)8-9-4-6-10(7-5-9)16(17)18/h1-7H,8H2,(H,14,15). The minimum atomic E-state index is -3.68. The maximum atomic E-state index is 12.0. The number of nitrogens with zero attached hydrogens (tertiary/aromatic N) is 2. The number of sulfonamides is 1. The first-order valence-electron chi connectivity index (χ1n) is 5.72. The van der Waals surface area contributed by atoms with Crippen LogP contribution in [0.5, 0.6) is 0 Å². The number of nitro benzene ring substituents is 1. The Bertz CT molecular complexity index is 762. The molecule has 1 aromatic heterocycles. The van der Waals surface area contributed by atoms with Gasteiger partial charge in [-0.25, -0.2) is 13.4 Å². The van der Waals surface area contributed by atoms with Crippen molar-refractivity contribution in [2.75, 3.05) is 4.72 Å². The summed E-state index contributed by atoms with van der Waals surface area (Å²) in [5.41, 5.74) is 0.329. The van der Waals surface area contributed by atoms with E-state index in [1.54, 1.807) is 6.07 Å². The van der Waals surface area contributed by atoms with Crippen molar-refractivity contribution in [3.8, 4) is 0 Å². The predicted molar refractivity (Wildman–Crippen MR) is 78.6 cm³/mol. The molecule has 0 fully saturated rings. The van der Waals surface area contributed by atoms with Crippen molar-refractivity contribution in [2.24, 2.45) is 0 Å². The van der Waals surface area contributed by atoms with Gasteiger partial charge in [0, 0.05) is 12.1 Å². The second-order valence-electron chi connectivity index (χ2n) is 4.13. The highest BCUT2D eigenvalue weighted by molar-refractivity contribution is 7.91. The van der Waals surface area contributed by atoms with E-state index < -0.39 is 14.9 Å². The van der Waals surface area contributed by atoms with Crippen LogP contribution >= 0.6 is 11.6 Å². The lowest BCUT2D eigenvalue weighted by molar-refractivity contribution is -0.384. The number of pyridine rings is 1. The van der Waals surface area contributed by atoms with Gasteiger partial charge in [-0.15, -0.1) is 0 Å². The van der Waals surface area contributed by atoms with Gasteiger partial charge in [0.05, 0.1) is 10.7 Å². The molecular weight excluding hydrogens is 318 g/mol. The Balaban J connectivity index is 2.12. The van der Waals surface area contributed by atoms with E-state index >= 15 is 0 Å². The molecule has 0 aliphatic rings. The van der Waals surface area contributed by atoms with Gasteiger partial charge in [-0.1, -0.05) is 29.8 Å². The highest BCUT2D eigenvalue weighted by atomic mass is 35.5. The number of benzene rings is 1. The molecule has 9 heteroatoms. The Kier molecular flexibility index (Phi) is 4.39. The van der Waals surface area contributed by atoms with Crippen LogP contribution in [0.15, 0.2) is 42.5 Å². The molecule has 0 saturated carbocycles. The quantitative estimate of drug-likeness (QED) is 0.516. The fraction of sp³-hybridized carbons (Fsp3) is 0.0833. The lowest BCUT2D eigenvalue weighted by Crippen LogP contribution is -2.15. The van der Waals surface area contributed by atoms with Crippen LogP contribution in [0.1, 0.15) is 5.56 Å². The van der Waals surface area contributed by atoms with E-state index in [1.807, 2.05) is 0 Å². The number of halogens is 1. The van der Waals surface area contributed by atoms with Crippen molar-refractivity contribution in [2.45, 2.75) is 5.75 Å². The topological polar surface area (TPSA) is 102 Å². The number of nitro groups is 1. The fourth-order valence-corrected chi connectivity index (χ4v) is 2.89. The molecule has 1 aromatic carbocycles. The molecule has 7 nitrogen and oxygen atoms in total. The van der Waals surface area contributed by atoms with Gasteiger partial charge in [-0.2, -0.15) is 0 Å². The minimum absolute atomic E-state index is 0.0967. The average Bonchev–Trinajstić information content (AvgIpc) is 2.38. The van der Waals surface area contributed by atoms with Crippen LogP contribution < -0.4 is 4.72 Å². The Morgan fingerprint density at radius 1 is 1.19 bits per heavy atom. The third kappa shape index (κ3) is 4.40. The largest absolute Gasteiger partial charge is 0.269 e. The normalized spacial score (nSPS) is 11.1. The monoisotopic (exact) mass is 327 g/mol. The zero-order chi connectivity index (χ0) is 15.5. The molecule has 0 spiro atoms. The smallest absolute Gasteiger partial charge is 0.267 e. The van der Waals surface area contributed by atoms with E-state index in [1.165, 1.54) is 36.4 Å². The van der Waals surface area contributed by atoms with Crippen LogP contribution in [0.4, 0.5) is 11.5 Å². The van der Waals surface area contributed by atoms with E-state index in [0.29, 0.717) is 5.56 Å². The van der Waals surface area contributed by atoms with Gasteiger partial charge < -0.3 is 0 Å². The van der Waals surface area contributed by atoms with Gasteiger partial charge in [0.15, 0.2) is 0 Å². The molecule has 110 valence electrons. The summed E-state index contributed by atoms with van der Waals surface area (Å²) in [6.45, 7) is 0. The fourth-order valence-electron chi connectivity index (χ4n) is 1.59. The van der Waals surface area contributed by atoms with Crippen molar-refractivity contribution in [1.82, 2.24) is 4.98 Å². The first kappa shape index (κ1) is 15.2. The first-order valence-corrected chi connectivity index (χ1v) is 7.75. The molecule has 1 heterocycles. The molecular formula is C12H10ClN3O4S. The van der Waals surface area contributed by atoms with Gasteiger partial charge in [0.25, 0.3) is 5.69 Å². The number of rotatable bonds is 5. The molecule has 0 aliphatic carbocycles. The summed E-state index contributed by atoms with van der Waals surface area (Å²) in [6, 6.07) is 9.85. The van der Waals surface area contributed by atoms with E-state index in [4.69, 9.17) is 11.6 Å². The van der Waals surface area contributed by atoms with Gasteiger partial charge in [0.1, 0.15) is 11.0 Å². The third-order valence-corrected chi connectivity index (χ3v) is 3.92. The highest BCUT2D eigenvalue weighted by Gasteiger charge is 2.14. The van der Waals surface area contributed by atoms with Gasteiger partial charge in [-0.05, 0) is 17.7 Å². The Morgan fingerprint density at radius 3 is 2.43 bits per heavy atom. The maximum Gasteiger partial charge on any atom is 0.269 e. The lowest BCUT2D eigenvalue weighted by atomic mass is 10.2. The number of anilines is 1. The Hall–Kier alpha value is -2.19. The van der Waals surface area contributed by atoms with Crippen LogP contribution in [0, 0.1) is 10.1 Å². The van der Waals surface area contributed by atoms with Crippen LogP contribution in [0.2, 0.25) is 5.15 Å². The molecule has 0 amide bonds. The van der Waals surface area contributed by atoms with Crippen molar-refractivity contribution < 1.29 is 13.3 Å². The molecule has 2 rings (SSSR count). The first-order chi connectivity index (χ1) is 9.85. The minimum Gasteiger partial charge on any atom is -0.267 e. The van der Waals surface area contributed by atoms with Gasteiger partial charge >= 0.3 is 0 Å². The molecule has 1 N–H and O–H groups in total. The van der Waals surface area contributed by atoms with E-state index in [0.717, 1.165) is 0 Å². The molecule has 0 atom stereocenters. The molecule has 0 aliphatic heterocycles. The summed E-state index contributed by atoms with van der Waals surface area (Å²) < 4.78 is 26.2. The number of hydrogen-bond donors (Lipinski definition) is 1. The highest BCUT2D eigenvalue weighted by Crippen LogP contribution is 2.16. The van der Waals surface area contributed by atoms with Crippen molar-refractivity contribution in [3.05, 3.63) is 63.3 Å². The Morgan fingerprint density at radius 2 is 1.86 bits per heavy atom. The van der Waals surface area contributed by atoms with Crippen molar-refractivity contribution >= 4 is 33.1 Å². The second-order valence-corrected chi connectivity index (χ2v) is 6.24. The summed E-state index contributed by atoms with van der Waals surface area (Å²) >= 11 is 5.67. The maximum absolute atomic E-state index is 12.0. The summed E-state index contributed by atoms with van der Waals surface area (Å²) in [4.78, 5) is 13.8. The average molecular weight is 328 g/mol. The van der Waals surface area contributed by atoms with Crippen LogP contribution in [-0.2, 0) is 15.8 Å². The Labute approximate surface area is 125 Å². The van der Waals surface area contributed by atoms with Gasteiger partial charge in [0.2, 0.25) is 10.0 Å². The van der Waals surface area contributed by atoms with Crippen LogP contribution in [0.25, 0.3) is 0 Å². The molecule has 0 saturated heterocycles. The predicted octanol–water partition coefficient (Wildman–Crippen LogP) is 2.59. The molecule has 21 heavy (non-hydrogen) atoms. The SMILES string of the molecule is O=[N+]([O-])c1ccc(CS(=O)(=O)Nc2cccc(Cl)n2)cc1. The van der Waals surface area contributed by atoms with Crippen molar-refractivity contribution in [1.29, 1.82) is 0 Å². The van der Waals surface area contributed by atoms with Crippen LogP contribution in [-0.4, -0.2) is 18.3 Å². The molecule has 2 aromatic rings. The lowest BCUT2D eigenvalue weighted by Gasteiger charge is -2.07. The number of aromatic nitrogens is 1. The second kappa shape index (κ2) is 6.06.